The SMILES string of the molecule is CS(=O)(=O)[C@H]1C[C@@H](c2nn3ccc(Cl)c3c(=O)n2-c2ccccc2)N(c2ncnc3[nH]cc(C#N)c23)C1. The summed E-state index contributed by atoms with van der Waals surface area (Å²) in [5.41, 5.74) is 1.16. The molecule has 0 bridgehead atoms. The van der Waals surface area contributed by atoms with Gasteiger partial charge in [-0.2, -0.15) is 10.4 Å². The predicted octanol–water partition coefficient (Wildman–Crippen LogP) is 2.65. The highest BCUT2D eigenvalue weighted by atomic mass is 35.5. The minimum atomic E-state index is -3.47. The third kappa shape index (κ3) is 3.66. The van der Waals surface area contributed by atoms with Crippen molar-refractivity contribution >= 4 is 43.8 Å². The van der Waals surface area contributed by atoms with Gasteiger partial charge in [0.2, 0.25) is 0 Å². The number of H-pyrrole nitrogens is 1. The lowest BCUT2D eigenvalue weighted by Gasteiger charge is -2.27. The van der Waals surface area contributed by atoms with E-state index in [9.17, 15) is 18.5 Å². The van der Waals surface area contributed by atoms with Crippen LogP contribution in [0.4, 0.5) is 5.82 Å². The van der Waals surface area contributed by atoms with Crippen LogP contribution in [0.2, 0.25) is 5.02 Å². The van der Waals surface area contributed by atoms with E-state index >= 15 is 0 Å². The summed E-state index contributed by atoms with van der Waals surface area (Å²) in [6, 6.07) is 12.0. The largest absolute Gasteiger partial charge is 0.345 e. The van der Waals surface area contributed by atoms with Gasteiger partial charge >= 0.3 is 0 Å². The number of para-hydroxylation sites is 1. The number of nitrogens with one attached hydrogen (secondary N) is 1. The van der Waals surface area contributed by atoms with Crippen LogP contribution in [0.1, 0.15) is 23.9 Å². The molecule has 6 rings (SSSR count). The summed E-state index contributed by atoms with van der Waals surface area (Å²) in [6.07, 6.45) is 5.84. The first-order valence-electron chi connectivity index (χ1n) is 11.3. The molecule has 13 heteroatoms. The molecule has 2 atom stereocenters. The molecule has 1 aliphatic heterocycles. The number of halogens is 1. The number of anilines is 1. The third-order valence-corrected chi connectivity index (χ3v) is 8.54. The lowest BCUT2D eigenvalue weighted by Crippen LogP contribution is -2.33. The van der Waals surface area contributed by atoms with Crippen LogP contribution < -0.4 is 10.5 Å². The molecule has 186 valence electrons. The van der Waals surface area contributed by atoms with Gasteiger partial charge in [-0.15, -0.1) is 0 Å². The predicted molar refractivity (Wildman–Crippen MR) is 138 cm³/mol. The average molecular weight is 535 g/mol. The first-order chi connectivity index (χ1) is 17.8. The zero-order valence-electron chi connectivity index (χ0n) is 19.4. The Morgan fingerprint density at radius 2 is 1.97 bits per heavy atom. The quantitative estimate of drug-likeness (QED) is 0.371. The molecule has 1 aliphatic rings. The molecular formula is C24H19ClN8O3S. The van der Waals surface area contributed by atoms with Gasteiger partial charge in [-0.05, 0) is 24.6 Å². The fraction of sp³-hybridized carbons (Fsp3) is 0.208. The van der Waals surface area contributed by atoms with Crippen LogP contribution >= 0.6 is 11.6 Å². The average Bonchev–Trinajstić information content (AvgIpc) is 3.61. The van der Waals surface area contributed by atoms with Crippen LogP contribution in [0.15, 0.2) is 59.9 Å². The fourth-order valence-corrected chi connectivity index (χ4v) is 6.12. The van der Waals surface area contributed by atoms with Gasteiger partial charge in [0, 0.05) is 25.2 Å². The van der Waals surface area contributed by atoms with E-state index < -0.39 is 21.1 Å². The maximum atomic E-state index is 13.8. The van der Waals surface area contributed by atoms with Gasteiger partial charge in [0.15, 0.2) is 15.7 Å². The van der Waals surface area contributed by atoms with Crippen molar-refractivity contribution in [2.24, 2.45) is 0 Å². The van der Waals surface area contributed by atoms with Crippen LogP contribution in [0.5, 0.6) is 0 Å². The van der Waals surface area contributed by atoms with Gasteiger partial charge in [-0.3, -0.25) is 9.36 Å². The molecule has 37 heavy (non-hydrogen) atoms. The molecule has 1 N–H and O–H groups in total. The Kier molecular flexibility index (Phi) is 5.29. The minimum absolute atomic E-state index is 0.0980. The van der Waals surface area contributed by atoms with Crippen LogP contribution in [0.3, 0.4) is 0 Å². The highest BCUT2D eigenvalue weighted by Gasteiger charge is 2.42. The van der Waals surface area contributed by atoms with Gasteiger partial charge in [0.05, 0.1) is 33.0 Å². The maximum absolute atomic E-state index is 13.8. The van der Waals surface area contributed by atoms with Crippen molar-refractivity contribution in [1.82, 2.24) is 29.1 Å². The van der Waals surface area contributed by atoms with Crippen LogP contribution in [0, 0.1) is 11.3 Å². The molecule has 0 amide bonds. The van der Waals surface area contributed by atoms with E-state index in [1.54, 1.807) is 41.4 Å². The third-order valence-electron chi connectivity index (χ3n) is 6.69. The van der Waals surface area contributed by atoms with E-state index in [4.69, 9.17) is 16.7 Å². The lowest BCUT2D eigenvalue weighted by atomic mass is 10.1. The number of nitrogens with zero attached hydrogens (tertiary/aromatic N) is 7. The first-order valence-corrected chi connectivity index (χ1v) is 13.6. The summed E-state index contributed by atoms with van der Waals surface area (Å²) in [4.78, 5) is 27.2. The molecule has 5 heterocycles. The molecule has 0 unspecified atom stereocenters. The van der Waals surface area contributed by atoms with Crippen molar-refractivity contribution in [3.05, 3.63) is 81.9 Å². The second-order valence-corrected chi connectivity index (χ2v) is 11.6. The molecule has 0 radical (unpaired) electrons. The number of rotatable bonds is 4. The fourth-order valence-electron chi connectivity index (χ4n) is 4.93. The smallest absolute Gasteiger partial charge is 0.284 e. The molecule has 5 aromatic rings. The normalized spacial score (nSPS) is 18.0. The number of aromatic nitrogens is 6. The van der Waals surface area contributed by atoms with E-state index in [1.165, 1.54) is 27.9 Å². The monoisotopic (exact) mass is 534 g/mol. The summed E-state index contributed by atoms with van der Waals surface area (Å²) < 4.78 is 28.3. The molecule has 0 saturated carbocycles. The number of hydrogen-bond donors (Lipinski definition) is 1. The van der Waals surface area contributed by atoms with Gasteiger partial charge < -0.3 is 9.88 Å². The van der Waals surface area contributed by atoms with E-state index in [1.807, 2.05) is 6.07 Å². The van der Waals surface area contributed by atoms with Crippen molar-refractivity contribution in [3.63, 3.8) is 0 Å². The van der Waals surface area contributed by atoms with Crippen molar-refractivity contribution in [1.29, 1.82) is 5.26 Å². The highest BCUT2D eigenvalue weighted by Crippen LogP contribution is 2.40. The van der Waals surface area contributed by atoms with Crippen LogP contribution in [0.25, 0.3) is 22.2 Å². The van der Waals surface area contributed by atoms with Crippen LogP contribution in [-0.4, -0.2) is 55.6 Å². The van der Waals surface area contributed by atoms with Gasteiger partial charge in [-0.1, -0.05) is 29.8 Å². The number of benzene rings is 1. The Hall–Kier alpha value is -4.21. The van der Waals surface area contributed by atoms with Crippen LogP contribution in [-0.2, 0) is 9.84 Å². The zero-order valence-corrected chi connectivity index (χ0v) is 21.0. The Morgan fingerprint density at radius 1 is 1.19 bits per heavy atom. The summed E-state index contributed by atoms with van der Waals surface area (Å²) in [6.45, 7) is 0.0980. The van der Waals surface area contributed by atoms with Gasteiger partial charge in [0.25, 0.3) is 5.56 Å². The molecule has 1 aromatic carbocycles. The highest BCUT2D eigenvalue weighted by molar-refractivity contribution is 7.91. The van der Waals surface area contributed by atoms with E-state index in [0.29, 0.717) is 33.9 Å². The first kappa shape index (κ1) is 23.2. The standard InChI is InChI=1S/C24H19ClN8O3S/c1-37(35,36)16-9-18(31(12-16)23-19-14(10-26)11-27-21(19)28-13-29-23)22-30-32-8-7-17(25)20(32)24(34)33(22)15-5-3-2-4-6-15/h2-8,11,13,16,18H,9,12H2,1H3,(H,27,28,29)/t16-,18-/m0/s1. The molecule has 11 nitrogen and oxygen atoms in total. The summed E-state index contributed by atoms with van der Waals surface area (Å²) in [5, 5.41) is 14.4. The van der Waals surface area contributed by atoms with Gasteiger partial charge in [-0.25, -0.2) is 22.9 Å². The molecule has 4 aromatic heterocycles. The zero-order chi connectivity index (χ0) is 25.9. The van der Waals surface area contributed by atoms with E-state index in [0.717, 1.165) is 0 Å². The molecule has 1 saturated heterocycles. The Bertz CT molecular complexity index is 1890. The lowest BCUT2D eigenvalue weighted by molar-refractivity contribution is 0.578. The van der Waals surface area contributed by atoms with E-state index in [-0.39, 0.29) is 29.1 Å². The topological polar surface area (TPSA) is 142 Å². The van der Waals surface area contributed by atoms with Gasteiger partial charge in [0.1, 0.15) is 29.4 Å². The van der Waals surface area contributed by atoms with Crippen molar-refractivity contribution < 1.29 is 8.42 Å². The number of hydrogen-bond acceptors (Lipinski definition) is 8. The summed E-state index contributed by atoms with van der Waals surface area (Å²) in [7, 11) is -3.47. The number of sulfone groups is 1. The maximum Gasteiger partial charge on any atom is 0.284 e. The summed E-state index contributed by atoms with van der Waals surface area (Å²) in [5.74, 6) is 0.710. The molecular weight excluding hydrogens is 516 g/mol. The van der Waals surface area contributed by atoms with Crippen molar-refractivity contribution in [3.8, 4) is 11.8 Å². The molecule has 0 aliphatic carbocycles. The summed E-state index contributed by atoms with van der Waals surface area (Å²) >= 11 is 6.33. The minimum Gasteiger partial charge on any atom is -0.345 e. The molecule has 0 spiro atoms. The Balaban J connectivity index is 1.65. The number of nitriles is 1. The second-order valence-electron chi connectivity index (χ2n) is 8.88. The molecule has 1 fully saturated rings. The van der Waals surface area contributed by atoms with Crippen molar-refractivity contribution in [2.75, 3.05) is 17.7 Å². The Labute approximate surface area is 215 Å². The van der Waals surface area contributed by atoms with Crippen molar-refractivity contribution in [2.45, 2.75) is 17.7 Å². The Morgan fingerprint density at radius 3 is 2.70 bits per heavy atom. The number of aromatic amines is 1. The number of fused-ring (bicyclic) bond motifs is 2. The van der Waals surface area contributed by atoms with E-state index in [2.05, 4.69) is 21.0 Å². The second kappa shape index (κ2) is 8.43.